The summed E-state index contributed by atoms with van der Waals surface area (Å²) in [6.07, 6.45) is 0.773. The smallest absolute Gasteiger partial charge is 0.170 e. The van der Waals surface area contributed by atoms with Gasteiger partial charge in [-0.2, -0.15) is 5.10 Å². The number of nitrogens with zero attached hydrogens (tertiary/aromatic N) is 2. The van der Waals surface area contributed by atoms with Gasteiger partial charge in [0.05, 0.1) is 5.52 Å². The van der Waals surface area contributed by atoms with Gasteiger partial charge in [0, 0.05) is 16.9 Å². The van der Waals surface area contributed by atoms with Crippen LogP contribution in [0.3, 0.4) is 0 Å². The molecule has 4 heteroatoms. The molecule has 1 aromatic carbocycles. The van der Waals surface area contributed by atoms with Crippen LogP contribution in [0.2, 0.25) is 0 Å². The summed E-state index contributed by atoms with van der Waals surface area (Å²) < 4.78 is 2.65. The Morgan fingerprint density at radius 1 is 1.54 bits per heavy atom. The third-order valence-electron chi connectivity index (χ3n) is 1.96. The van der Waals surface area contributed by atoms with Crippen molar-refractivity contribution in [2.75, 3.05) is 0 Å². The molecule has 0 fully saturated rings. The van der Waals surface area contributed by atoms with E-state index in [1.165, 1.54) is 0 Å². The van der Waals surface area contributed by atoms with Crippen LogP contribution in [0.4, 0.5) is 0 Å². The molecule has 13 heavy (non-hydrogen) atoms. The van der Waals surface area contributed by atoms with Gasteiger partial charge in [0.15, 0.2) is 6.29 Å². The molecule has 0 radical (unpaired) electrons. The summed E-state index contributed by atoms with van der Waals surface area (Å²) in [5.41, 5.74) is 1.43. The molecule has 2 aromatic rings. The van der Waals surface area contributed by atoms with E-state index in [9.17, 15) is 4.79 Å². The minimum absolute atomic E-state index is 0.485. The highest BCUT2D eigenvalue weighted by atomic mass is 79.9. The monoisotopic (exact) mass is 238 g/mol. The zero-order chi connectivity index (χ0) is 9.42. The fourth-order valence-electron chi connectivity index (χ4n) is 1.40. The van der Waals surface area contributed by atoms with Crippen molar-refractivity contribution in [1.82, 2.24) is 9.78 Å². The molecule has 0 bridgehead atoms. The number of rotatable bonds is 1. The van der Waals surface area contributed by atoms with Crippen molar-refractivity contribution in [2.24, 2.45) is 7.05 Å². The first-order valence-electron chi connectivity index (χ1n) is 3.80. The van der Waals surface area contributed by atoms with Crippen LogP contribution < -0.4 is 0 Å². The molecule has 0 aliphatic heterocycles. The molecule has 0 N–H and O–H groups in total. The predicted octanol–water partition coefficient (Wildman–Crippen LogP) is 2.15. The van der Waals surface area contributed by atoms with E-state index in [-0.39, 0.29) is 0 Å². The summed E-state index contributed by atoms with van der Waals surface area (Å²) in [5, 5.41) is 4.97. The van der Waals surface area contributed by atoms with Crippen LogP contribution in [-0.4, -0.2) is 16.1 Å². The summed E-state index contributed by atoms with van der Waals surface area (Å²) in [6, 6.07) is 5.70. The average Bonchev–Trinajstić information content (AvgIpc) is 2.44. The number of carbonyl (C=O) groups is 1. The second-order valence-corrected chi connectivity index (χ2v) is 3.62. The minimum atomic E-state index is 0.485. The molecule has 66 valence electrons. The Balaban J connectivity index is 2.95. The van der Waals surface area contributed by atoms with Gasteiger partial charge in [-0.25, -0.2) is 0 Å². The molecule has 1 aromatic heterocycles. The van der Waals surface area contributed by atoms with Crippen molar-refractivity contribution in [2.45, 2.75) is 0 Å². The predicted molar refractivity (Wildman–Crippen MR) is 53.8 cm³/mol. The number of hydrogen-bond acceptors (Lipinski definition) is 2. The second kappa shape index (κ2) is 2.96. The topological polar surface area (TPSA) is 34.9 Å². The third-order valence-corrected chi connectivity index (χ3v) is 2.60. The molecule has 0 atom stereocenters. The fraction of sp³-hybridized carbons (Fsp3) is 0.111. The molecule has 0 unspecified atom stereocenters. The zero-order valence-electron chi connectivity index (χ0n) is 6.99. The molecular formula is C9H7BrN2O. The van der Waals surface area contributed by atoms with Crippen LogP contribution >= 0.6 is 15.9 Å². The molecule has 0 amide bonds. The van der Waals surface area contributed by atoms with Crippen LogP contribution in [0.15, 0.2) is 22.7 Å². The summed E-state index contributed by atoms with van der Waals surface area (Å²) in [6.45, 7) is 0. The SMILES string of the molecule is Cn1nc(C=O)c2cccc(Br)c21. The normalized spacial score (nSPS) is 10.6. The highest BCUT2D eigenvalue weighted by Crippen LogP contribution is 2.24. The Bertz CT molecular complexity index is 476. The maximum Gasteiger partial charge on any atom is 0.170 e. The Morgan fingerprint density at radius 3 is 3.00 bits per heavy atom. The van der Waals surface area contributed by atoms with E-state index in [1.807, 2.05) is 25.2 Å². The largest absolute Gasteiger partial charge is 0.296 e. The molecule has 0 aliphatic carbocycles. The highest BCUT2D eigenvalue weighted by molar-refractivity contribution is 9.10. The van der Waals surface area contributed by atoms with Gasteiger partial charge in [-0.3, -0.25) is 9.48 Å². The lowest BCUT2D eigenvalue weighted by molar-refractivity contribution is 0.112. The zero-order valence-corrected chi connectivity index (χ0v) is 8.58. The number of benzene rings is 1. The van der Waals surface area contributed by atoms with E-state index in [4.69, 9.17) is 0 Å². The van der Waals surface area contributed by atoms with Gasteiger partial charge >= 0.3 is 0 Å². The van der Waals surface area contributed by atoms with E-state index in [0.717, 1.165) is 21.7 Å². The second-order valence-electron chi connectivity index (χ2n) is 2.76. The van der Waals surface area contributed by atoms with Crippen LogP contribution in [0.25, 0.3) is 10.9 Å². The Labute approximate surface area is 83.5 Å². The lowest BCUT2D eigenvalue weighted by atomic mass is 10.2. The molecular weight excluding hydrogens is 232 g/mol. The Hall–Kier alpha value is -1.16. The van der Waals surface area contributed by atoms with Crippen molar-refractivity contribution in [3.63, 3.8) is 0 Å². The molecule has 2 rings (SSSR count). The lowest BCUT2D eigenvalue weighted by Gasteiger charge is -1.95. The maximum atomic E-state index is 10.7. The highest BCUT2D eigenvalue weighted by Gasteiger charge is 2.08. The number of aromatic nitrogens is 2. The first-order valence-corrected chi connectivity index (χ1v) is 4.59. The number of fused-ring (bicyclic) bond motifs is 1. The van der Waals surface area contributed by atoms with Gasteiger partial charge in [-0.1, -0.05) is 12.1 Å². The van der Waals surface area contributed by atoms with Gasteiger partial charge in [-0.15, -0.1) is 0 Å². The molecule has 1 heterocycles. The van der Waals surface area contributed by atoms with E-state index in [0.29, 0.717) is 5.69 Å². The van der Waals surface area contributed by atoms with Gasteiger partial charge in [0.25, 0.3) is 0 Å². The Kier molecular flexibility index (Phi) is 1.92. The number of carbonyl (C=O) groups excluding carboxylic acids is 1. The van der Waals surface area contributed by atoms with Crippen molar-refractivity contribution in [1.29, 1.82) is 0 Å². The molecule has 0 saturated carbocycles. The van der Waals surface area contributed by atoms with E-state index >= 15 is 0 Å². The van der Waals surface area contributed by atoms with Gasteiger partial charge in [0.2, 0.25) is 0 Å². The number of aryl methyl sites for hydroxylation is 1. The molecule has 0 spiro atoms. The van der Waals surface area contributed by atoms with E-state index in [1.54, 1.807) is 4.68 Å². The first kappa shape index (κ1) is 8.44. The summed E-state index contributed by atoms with van der Waals surface area (Å²) >= 11 is 3.41. The van der Waals surface area contributed by atoms with Crippen LogP contribution in [0.1, 0.15) is 10.5 Å². The summed E-state index contributed by atoms with van der Waals surface area (Å²) in [4.78, 5) is 10.7. The summed E-state index contributed by atoms with van der Waals surface area (Å²) in [5.74, 6) is 0. The number of hydrogen-bond donors (Lipinski definition) is 0. The minimum Gasteiger partial charge on any atom is -0.296 e. The molecule has 0 aliphatic rings. The first-order chi connectivity index (χ1) is 6.24. The molecule has 0 saturated heterocycles. The van der Waals surface area contributed by atoms with Crippen molar-refractivity contribution < 1.29 is 4.79 Å². The van der Waals surface area contributed by atoms with Crippen molar-refractivity contribution >= 4 is 33.1 Å². The van der Waals surface area contributed by atoms with Crippen molar-refractivity contribution in [3.8, 4) is 0 Å². The van der Waals surface area contributed by atoms with Gasteiger partial charge in [0.1, 0.15) is 5.69 Å². The lowest BCUT2D eigenvalue weighted by Crippen LogP contribution is -1.90. The third kappa shape index (κ3) is 1.18. The summed E-state index contributed by atoms with van der Waals surface area (Å²) in [7, 11) is 1.82. The Morgan fingerprint density at radius 2 is 2.31 bits per heavy atom. The molecule has 3 nitrogen and oxygen atoms in total. The van der Waals surface area contributed by atoms with Crippen LogP contribution in [-0.2, 0) is 7.05 Å². The quantitative estimate of drug-likeness (QED) is 0.714. The van der Waals surface area contributed by atoms with Crippen molar-refractivity contribution in [3.05, 3.63) is 28.4 Å². The van der Waals surface area contributed by atoms with Gasteiger partial charge in [-0.05, 0) is 22.0 Å². The standard InChI is InChI=1S/C9H7BrN2O/c1-12-9-6(8(5-13)11-12)3-2-4-7(9)10/h2-5H,1H3. The average molecular weight is 239 g/mol. The van der Waals surface area contributed by atoms with Crippen LogP contribution in [0.5, 0.6) is 0 Å². The van der Waals surface area contributed by atoms with E-state index < -0.39 is 0 Å². The fourth-order valence-corrected chi connectivity index (χ4v) is 2.03. The number of para-hydroxylation sites is 1. The van der Waals surface area contributed by atoms with Gasteiger partial charge < -0.3 is 0 Å². The van der Waals surface area contributed by atoms with E-state index in [2.05, 4.69) is 21.0 Å². The number of halogens is 1. The maximum absolute atomic E-state index is 10.7. The van der Waals surface area contributed by atoms with Crippen LogP contribution in [0, 0.1) is 0 Å². The number of aldehydes is 1.